The van der Waals surface area contributed by atoms with Gasteiger partial charge in [0.25, 0.3) is 15.9 Å². The Hall–Kier alpha value is -5.13. The van der Waals surface area contributed by atoms with E-state index in [1.165, 1.54) is 17.0 Å². The second-order valence-electron chi connectivity index (χ2n) is 15.6. The third-order valence-electron chi connectivity index (χ3n) is 10.2. The molecule has 1 saturated carbocycles. The minimum Gasteiger partial charge on any atom is -0.444 e. The van der Waals surface area contributed by atoms with E-state index in [4.69, 9.17) is 9.47 Å². The molecule has 0 bridgehead atoms. The first-order valence-electron chi connectivity index (χ1n) is 18.4. The molecule has 1 saturated heterocycles. The van der Waals surface area contributed by atoms with Gasteiger partial charge in [-0.25, -0.2) is 35.9 Å². The van der Waals surface area contributed by atoms with Crippen LogP contribution in [0.25, 0.3) is 0 Å². The van der Waals surface area contributed by atoms with Gasteiger partial charge in [0, 0.05) is 30.5 Å². The Morgan fingerprint density at radius 2 is 1.73 bits per heavy atom. The first-order valence-corrected chi connectivity index (χ1v) is 19.9. The number of sulfonamides is 1. The van der Waals surface area contributed by atoms with Crippen molar-refractivity contribution in [1.82, 2.24) is 25.2 Å². The summed E-state index contributed by atoms with van der Waals surface area (Å²) in [4.78, 5) is 70.3. The van der Waals surface area contributed by atoms with E-state index in [2.05, 4.69) is 10.6 Å². The highest BCUT2D eigenvalue weighted by Gasteiger charge is 2.62. The predicted molar refractivity (Wildman–Crippen MR) is 192 cm³/mol. The van der Waals surface area contributed by atoms with Gasteiger partial charge in [-0.15, -0.1) is 0 Å². The molecule has 4 aliphatic rings. The molecular formula is C38H44F3N5O9S. The summed E-state index contributed by atoms with van der Waals surface area (Å²) >= 11 is 0. The molecule has 1 aliphatic carbocycles. The maximum absolute atomic E-state index is 14.4. The Kier molecular flexibility index (Phi) is 11.4. The summed E-state index contributed by atoms with van der Waals surface area (Å²) in [5, 5.41) is 5.26. The van der Waals surface area contributed by atoms with Crippen molar-refractivity contribution in [3.8, 4) is 0 Å². The van der Waals surface area contributed by atoms with Gasteiger partial charge in [-0.3, -0.25) is 19.3 Å². The van der Waals surface area contributed by atoms with Crippen LogP contribution in [0.15, 0.2) is 53.4 Å². The van der Waals surface area contributed by atoms with Crippen LogP contribution in [0.1, 0.15) is 76.8 Å². The number of nitrogens with zero attached hydrogens (tertiary/aromatic N) is 2. The zero-order valence-electron chi connectivity index (χ0n) is 31.1. The summed E-state index contributed by atoms with van der Waals surface area (Å²) in [5.41, 5.74) is -1.78. The molecule has 0 unspecified atom stereocenters. The van der Waals surface area contributed by atoms with Gasteiger partial charge in [0.05, 0.1) is 18.0 Å². The van der Waals surface area contributed by atoms with Crippen molar-refractivity contribution >= 4 is 39.9 Å². The van der Waals surface area contributed by atoms with E-state index in [1.54, 1.807) is 39.0 Å². The molecule has 3 heterocycles. The Morgan fingerprint density at radius 1 is 1.00 bits per heavy atom. The summed E-state index contributed by atoms with van der Waals surface area (Å²) < 4.78 is 81.6. The van der Waals surface area contributed by atoms with Crippen LogP contribution < -0.4 is 15.4 Å². The van der Waals surface area contributed by atoms with E-state index < -0.39 is 97.5 Å². The van der Waals surface area contributed by atoms with Crippen LogP contribution in [-0.2, 0) is 47.0 Å². The highest BCUT2D eigenvalue weighted by molar-refractivity contribution is 7.90. The van der Waals surface area contributed by atoms with Crippen molar-refractivity contribution in [3.63, 3.8) is 0 Å². The second-order valence-corrected chi connectivity index (χ2v) is 17.2. The van der Waals surface area contributed by atoms with Gasteiger partial charge < -0.3 is 25.0 Å². The minimum absolute atomic E-state index is 0.0396. The average Bonchev–Trinajstić information content (AvgIpc) is 3.40. The van der Waals surface area contributed by atoms with Crippen molar-refractivity contribution in [3.05, 3.63) is 77.1 Å². The van der Waals surface area contributed by atoms with Gasteiger partial charge >= 0.3 is 12.2 Å². The first kappa shape index (κ1) is 40.5. The van der Waals surface area contributed by atoms with Gasteiger partial charge in [0.15, 0.2) is 0 Å². The monoisotopic (exact) mass is 803 g/mol. The zero-order chi connectivity index (χ0) is 40.6. The molecule has 0 radical (unpaired) electrons. The number of hydrogen-bond acceptors (Lipinski definition) is 9. The number of ether oxygens (including phenoxy) is 2. The Bertz CT molecular complexity index is 2040. The van der Waals surface area contributed by atoms with Crippen molar-refractivity contribution in [2.24, 2.45) is 5.92 Å². The predicted octanol–water partition coefficient (Wildman–Crippen LogP) is 4.32. The molecular weight excluding hydrogens is 760 g/mol. The van der Waals surface area contributed by atoms with E-state index in [0.29, 0.717) is 55.0 Å². The smallest absolute Gasteiger partial charge is 0.410 e. The second kappa shape index (κ2) is 15.8. The van der Waals surface area contributed by atoms with Crippen LogP contribution in [-0.4, -0.2) is 84.0 Å². The van der Waals surface area contributed by atoms with Gasteiger partial charge in [-0.05, 0) is 70.2 Å². The number of rotatable bonds is 5. The maximum Gasteiger partial charge on any atom is 0.410 e. The van der Waals surface area contributed by atoms with Gasteiger partial charge in [0.2, 0.25) is 11.8 Å². The largest absolute Gasteiger partial charge is 0.444 e. The van der Waals surface area contributed by atoms with E-state index in [1.807, 2.05) is 4.72 Å². The SMILES string of the molecule is CC(C)(C)OC(=O)N[C@H]1CCCCC/C=C\[C@@H]2C[C@@]2(C(=O)NS(=O)(=O)c2cc(F)cc(F)c2)NC(=O)[C@@H]2C[C@@H](OC(=O)N3Cc4cccc(F)c4C3)CN2C1=O. The van der Waals surface area contributed by atoms with Crippen LogP contribution in [0, 0.1) is 23.4 Å². The molecule has 3 aliphatic heterocycles. The maximum atomic E-state index is 14.4. The Balaban J connectivity index is 1.27. The molecule has 302 valence electrons. The molecule has 14 nitrogen and oxygen atoms in total. The lowest BCUT2D eigenvalue weighted by Gasteiger charge is -2.30. The molecule has 0 spiro atoms. The summed E-state index contributed by atoms with van der Waals surface area (Å²) in [6.07, 6.45) is 3.01. The van der Waals surface area contributed by atoms with Crippen molar-refractivity contribution in [2.45, 2.75) is 113 Å². The number of fused-ring (bicyclic) bond motifs is 3. The van der Waals surface area contributed by atoms with E-state index in [0.717, 1.165) is 4.90 Å². The number of halogens is 3. The number of carbonyl (C=O) groups excluding carboxylic acids is 5. The van der Waals surface area contributed by atoms with E-state index in [-0.39, 0.29) is 38.9 Å². The summed E-state index contributed by atoms with van der Waals surface area (Å²) in [7, 11) is -4.82. The molecule has 6 rings (SSSR count). The Labute approximate surface area is 322 Å². The lowest BCUT2D eigenvalue weighted by atomic mass is 10.0. The fourth-order valence-electron chi connectivity index (χ4n) is 7.30. The molecule has 18 heteroatoms. The average molecular weight is 804 g/mol. The highest BCUT2D eigenvalue weighted by Crippen LogP contribution is 2.46. The van der Waals surface area contributed by atoms with E-state index in [9.17, 15) is 45.6 Å². The molecule has 2 aromatic rings. The summed E-state index contributed by atoms with van der Waals surface area (Å²) in [6.45, 7) is 4.70. The molecule has 5 amide bonds. The fourth-order valence-corrected chi connectivity index (χ4v) is 8.38. The standard InChI is InChI=1S/C38H44F3N5O9S/c1-37(2,3)55-35(50)42-30-13-8-6-4-5-7-11-23-18-38(23,34(49)44-56(52,53)27-15-24(39)14-25(40)16-27)43-32(47)31-17-26(20-46(31)33(30)48)54-36(51)45-19-22-10-9-12-29(41)28(22)21-45/h7,9-12,14-16,23,26,30-31H,4-6,8,13,17-21H2,1-3H3,(H,42,50)(H,43,47)(H,44,49)/b11-7-/t23-,26-,30+,31+,38-/m1/s1. The zero-order valence-corrected chi connectivity index (χ0v) is 31.9. The molecule has 0 aromatic heterocycles. The highest BCUT2D eigenvalue weighted by atomic mass is 32.2. The van der Waals surface area contributed by atoms with Gasteiger partial charge in [-0.1, -0.05) is 37.1 Å². The third kappa shape index (κ3) is 9.11. The number of carbonyl (C=O) groups is 5. The van der Waals surface area contributed by atoms with Crippen LogP contribution >= 0.6 is 0 Å². The third-order valence-corrected chi connectivity index (χ3v) is 11.5. The van der Waals surface area contributed by atoms with Gasteiger partial charge in [-0.2, -0.15) is 0 Å². The topological polar surface area (TPSA) is 181 Å². The number of allylic oxidation sites excluding steroid dienone is 1. The van der Waals surface area contributed by atoms with Crippen LogP contribution in [0.2, 0.25) is 0 Å². The fraction of sp³-hybridized carbons (Fsp3) is 0.500. The molecule has 2 aromatic carbocycles. The van der Waals surface area contributed by atoms with Crippen LogP contribution in [0.4, 0.5) is 22.8 Å². The minimum atomic E-state index is -4.82. The quantitative estimate of drug-likeness (QED) is 0.371. The lowest BCUT2D eigenvalue weighted by molar-refractivity contribution is -0.141. The Morgan fingerprint density at radius 3 is 2.43 bits per heavy atom. The lowest BCUT2D eigenvalue weighted by Crippen LogP contribution is -2.58. The molecule has 3 N–H and O–H groups in total. The van der Waals surface area contributed by atoms with E-state index >= 15 is 0 Å². The normalized spacial score (nSPS) is 26.0. The van der Waals surface area contributed by atoms with Crippen LogP contribution in [0.5, 0.6) is 0 Å². The number of benzene rings is 2. The van der Waals surface area contributed by atoms with Gasteiger partial charge in [0.1, 0.15) is 46.8 Å². The number of amides is 5. The molecule has 56 heavy (non-hydrogen) atoms. The number of alkyl carbamates (subject to hydrolysis) is 1. The summed E-state index contributed by atoms with van der Waals surface area (Å²) in [6, 6.07) is 3.52. The molecule has 5 atom stereocenters. The number of hydrogen-bond donors (Lipinski definition) is 3. The number of nitrogens with one attached hydrogen (secondary N) is 3. The molecule has 2 fully saturated rings. The van der Waals surface area contributed by atoms with Crippen molar-refractivity contribution < 1.29 is 55.0 Å². The first-order chi connectivity index (χ1) is 26.3. The van der Waals surface area contributed by atoms with Crippen molar-refractivity contribution in [2.75, 3.05) is 6.54 Å². The summed E-state index contributed by atoms with van der Waals surface area (Å²) in [5.74, 6) is -6.26. The van der Waals surface area contributed by atoms with Crippen LogP contribution in [0.3, 0.4) is 0 Å². The van der Waals surface area contributed by atoms with Crippen molar-refractivity contribution in [1.29, 1.82) is 0 Å².